The number of Topliss-reactive ketones (excluding diaryl/α,β-unsaturated/α-hetero) is 1. The molecule has 0 saturated heterocycles. The maximum absolute atomic E-state index is 12.9. The molecule has 0 bridgehead atoms. The molecule has 1 aliphatic rings. The maximum Gasteiger partial charge on any atom is 0.192 e. The number of carbonyl (C=O) groups is 1. The van der Waals surface area contributed by atoms with E-state index in [-0.39, 0.29) is 17.6 Å². The third-order valence-corrected chi connectivity index (χ3v) is 6.29. The van der Waals surface area contributed by atoms with Gasteiger partial charge in [0, 0.05) is 12.1 Å². The number of ether oxygens (including phenoxy) is 2. The van der Waals surface area contributed by atoms with Crippen LogP contribution in [-0.4, -0.2) is 32.9 Å². The third kappa shape index (κ3) is 4.37. The number of benzene rings is 2. The molecule has 0 amide bonds. The smallest absolute Gasteiger partial charge is 0.192 e. The van der Waals surface area contributed by atoms with E-state index in [9.17, 15) is 4.79 Å². The molecular formula is C24H25N3O3S. The molecule has 1 atom stereocenters. The summed E-state index contributed by atoms with van der Waals surface area (Å²) in [6, 6.07) is 11.6. The normalized spacial score (nSPS) is 15.0. The van der Waals surface area contributed by atoms with Gasteiger partial charge in [-0.15, -0.1) is 16.8 Å². The van der Waals surface area contributed by atoms with Gasteiger partial charge in [-0.1, -0.05) is 36.0 Å². The summed E-state index contributed by atoms with van der Waals surface area (Å²) in [5, 5.41) is 9.34. The number of aromatic nitrogens is 3. The van der Waals surface area contributed by atoms with Crippen LogP contribution >= 0.6 is 11.8 Å². The van der Waals surface area contributed by atoms with Gasteiger partial charge in [-0.3, -0.25) is 9.36 Å². The van der Waals surface area contributed by atoms with E-state index in [2.05, 4.69) is 29.8 Å². The van der Waals surface area contributed by atoms with Crippen LogP contribution in [0.3, 0.4) is 0 Å². The number of aryl methyl sites for hydroxylation is 3. The van der Waals surface area contributed by atoms with Gasteiger partial charge in [-0.2, -0.15) is 0 Å². The first-order chi connectivity index (χ1) is 15.0. The molecule has 2 aromatic carbocycles. The van der Waals surface area contributed by atoms with Gasteiger partial charge in [0.15, 0.2) is 34.4 Å². The largest absolute Gasteiger partial charge is 0.485 e. The van der Waals surface area contributed by atoms with Crippen LogP contribution in [-0.2, 0) is 6.54 Å². The first-order valence-electron chi connectivity index (χ1n) is 10.1. The molecular weight excluding hydrogens is 410 g/mol. The van der Waals surface area contributed by atoms with E-state index in [0.717, 1.165) is 22.4 Å². The molecule has 31 heavy (non-hydrogen) atoms. The summed E-state index contributed by atoms with van der Waals surface area (Å²) in [5.41, 5.74) is 4.05. The Balaban J connectivity index is 1.52. The molecule has 0 fully saturated rings. The Bertz CT molecular complexity index is 1140. The lowest BCUT2D eigenvalue weighted by molar-refractivity contribution is 0.0821. The second-order valence-corrected chi connectivity index (χ2v) is 8.51. The van der Waals surface area contributed by atoms with Crippen LogP contribution < -0.4 is 9.47 Å². The molecule has 0 saturated carbocycles. The highest BCUT2D eigenvalue weighted by atomic mass is 32.2. The number of rotatable bonds is 7. The minimum absolute atomic E-state index is 0.0754. The van der Waals surface area contributed by atoms with E-state index in [4.69, 9.17) is 9.47 Å². The molecule has 3 aromatic rings. The van der Waals surface area contributed by atoms with Crippen LogP contribution in [0, 0.1) is 20.8 Å². The number of hydrogen-bond acceptors (Lipinski definition) is 6. The van der Waals surface area contributed by atoms with E-state index in [1.165, 1.54) is 17.3 Å². The Labute approximate surface area is 186 Å². The molecule has 2 heterocycles. The van der Waals surface area contributed by atoms with Crippen LogP contribution in [0.25, 0.3) is 0 Å². The average molecular weight is 436 g/mol. The number of ketones is 1. The van der Waals surface area contributed by atoms with Crippen LogP contribution in [0.15, 0.2) is 54.2 Å². The number of nitrogens with zero attached hydrogens (tertiary/aromatic N) is 3. The third-order valence-electron chi connectivity index (χ3n) is 5.33. The number of hydrogen-bond donors (Lipinski definition) is 0. The topological polar surface area (TPSA) is 66.2 Å². The SMILES string of the molecule is C=CCn1c(SCC(=O)c2cc(C)c(C)cc2C)nnc1C1COc2ccccc2O1. The van der Waals surface area contributed by atoms with Gasteiger partial charge >= 0.3 is 0 Å². The summed E-state index contributed by atoms with van der Waals surface area (Å²) < 4.78 is 13.9. The van der Waals surface area contributed by atoms with Gasteiger partial charge in [-0.25, -0.2) is 0 Å². The van der Waals surface area contributed by atoms with Crippen LogP contribution in [0.1, 0.15) is 39.0 Å². The molecule has 0 spiro atoms. The van der Waals surface area contributed by atoms with Crippen molar-refractivity contribution in [1.82, 2.24) is 14.8 Å². The van der Waals surface area contributed by atoms with Crippen molar-refractivity contribution >= 4 is 17.5 Å². The van der Waals surface area contributed by atoms with Gasteiger partial charge in [0.05, 0.1) is 5.75 Å². The fraction of sp³-hybridized carbons (Fsp3) is 0.292. The van der Waals surface area contributed by atoms with Crippen LogP contribution in [0.2, 0.25) is 0 Å². The molecule has 4 rings (SSSR count). The Hall–Kier alpha value is -3.06. The average Bonchev–Trinajstić information content (AvgIpc) is 3.17. The second-order valence-electron chi connectivity index (χ2n) is 7.57. The zero-order chi connectivity index (χ0) is 22.0. The van der Waals surface area contributed by atoms with Gasteiger partial charge in [0.2, 0.25) is 0 Å². The monoisotopic (exact) mass is 435 g/mol. The number of allylic oxidation sites excluding steroid dienone is 1. The summed E-state index contributed by atoms with van der Waals surface area (Å²) in [7, 11) is 0. The summed E-state index contributed by atoms with van der Waals surface area (Å²) in [4.78, 5) is 12.9. The van der Waals surface area contributed by atoms with Crippen LogP contribution in [0.4, 0.5) is 0 Å². The Morgan fingerprint density at radius 2 is 1.90 bits per heavy atom. The summed E-state index contributed by atoms with van der Waals surface area (Å²) in [6.07, 6.45) is 1.40. The van der Waals surface area contributed by atoms with Crippen molar-refractivity contribution in [3.05, 3.63) is 77.1 Å². The molecule has 1 unspecified atom stereocenters. The fourth-order valence-corrected chi connectivity index (χ4v) is 4.40. The van der Waals surface area contributed by atoms with Crippen molar-refractivity contribution in [3.8, 4) is 11.5 Å². The predicted molar refractivity (Wildman–Crippen MR) is 121 cm³/mol. The fourth-order valence-electron chi connectivity index (χ4n) is 3.56. The lowest BCUT2D eigenvalue weighted by atomic mass is 9.99. The number of fused-ring (bicyclic) bond motifs is 1. The summed E-state index contributed by atoms with van der Waals surface area (Å²) >= 11 is 1.37. The maximum atomic E-state index is 12.9. The summed E-state index contributed by atoms with van der Waals surface area (Å²) in [6.45, 7) is 10.8. The highest BCUT2D eigenvalue weighted by molar-refractivity contribution is 7.99. The van der Waals surface area contributed by atoms with Crippen molar-refractivity contribution in [2.75, 3.05) is 12.4 Å². The Morgan fingerprint density at radius 1 is 1.16 bits per heavy atom. The van der Waals surface area contributed by atoms with E-state index in [1.807, 2.05) is 48.7 Å². The second kappa shape index (κ2) is 8.98. The van der Waals surface area contributed by atoms with Gasteiger partial charge in [0.25, 0.3) is 0 Å². The molecule has 7 heteroatoms. The minimum Gasteiger partial charge on any atom is -0.485 e. The van der Waals surface area contributed by atoms with Crippen molar-refractivity contribution < 1.29 is 14.3 Å². The van der Waals surface area contributed by atoms with Crippen LogP contribution in [0.5, 0.6) is 11.5 Å². The van der Waals surface area contributed by atoms with E-state index < -0.39 is 0 Å². The van der Waals surface area contributed by atoms with Crippen molar-refractivity contribution in [2.24, 2.45) is 0 Å². The zero-order valence-corrected chi connectivity index (χ0v) is 18.7. The van der Waals surface area contributed by atoms with E-state index >= 15 is 0 Å². The van der Waals surface area contributed by atoms with E-state index in [0.29, 0.717) is 29.9 Å². The molecule has 0 aliphatic carbocycles. The minimum atomic E-state index is -0.380. The number of para-hydroxylation sites is 2. The van der Waals surface area contributed by atoms with Gasteiger partial charge < -0.3 is 9.47 Å². The van der Waals surface area contributed by atoms with Crippen molar-refractivity contribution in [2.45, 2.75) is 38.6 Å². The van der Waals surface area contributed by atoms with Crippen molar-refractivity contribution in [1.29, 1.82) is 0 Å². The number of carbonyl (C=O) groups excluding carboxylic acids is 1. The number of thioether (sulfide) groups is 1. The summed E-state index contributed by atoms with van der Waals surface area (Å²) in [5.74, 6) is 2.42. The van der Waals surface area contributed by atoms with Crippen molar-refractivity contribution in [3.63, 3.8) is 0 Å². The first kappa shape index (κ1) is 21.2. The highest BCUT2D eigenvalue weighted by Gasteiger charge is 2.28. The predicted octanol–water partition coefficient (Wildman–Crippen LogP) is 4.88. The quantitative estimate of drug-likeness (QED) is 0.299. The van der Waals surface area contributed by atoms with Gasteiger partial charge in [-0.05, 0) is 55.7 Å². The molecule has 160 valence electrons. The zero-order valence-electron chi connectivity index (χ0n) is 17.9. The van der Waals surface area contributed by atoms with Gasteiger partial charge in [0.1, 0.15) is 6.61 Å². The lowest BCUT2D eigenvalue weighted by Gasteiger charge is -2.26. The lowest BCUT2D eigenvalue weighted by Crippen LogP contribution is -2.25. The standard InChI is InChI=1S/C24H25N3O3S/c1-5-10-27-23(22-13-29-20-8-6-7-9-21(20)30-22)25-26-24(27)31-14-19(28)18-12-16(3)15(2)11-17(18)4/h5-9,11-12,22H,1,10,13-14H2,2-4H3. The molecule has 1 aromatic heterocycles. The molecule has 0 N–H and O–H groups in total. The first-order valence-corrected chi connectivity index (χ1v) is 11.1. The Morgan fingerprint density at radius 3 is 2.68 bits per heavy atom. The van der Waals surface area contributed by atoms with E-state index in [1.54, 1.807) is 6.08 Å². The molecule has 1 aliphatic heterocycles. The molecule has 6 nitrogen and oxygen atoms in total. The highest BCUT2D eigenvalue weighted by Crippen LogP contribution is 2.36. The molecule has 0 radical (unpaired) electrons. The Kier molecular flexibility index (Phi) is 6.13.